The van der Waals surface area contributed by atoms with Crippen LogP contribution in [-0.4, -0.2) is 60.4 Å². The summed E-state index contributed by atoms with van der Waals surface area (Å²) in [4.78, 5) is 40.5. The van der Waals surface area contributed by atoms with Crippen molar-refractivity contribution < 1.29 is 27.9 Å². The molecule has 158 valence electrons. The number of halogens is 2. The van der Waals surface area contributed by atoms with E-state index in [1.54, 1.807) is 16.7 Å². The Morgan fingerprint density at radius 2 is 1.52 bits per heavy atom. The summed E-state index contributed by atoms with van der Waals surface area (Å²) in [6.45, 7) is 4.01. The normalized spacial score (nSPS) is 18.6. The van der Waals surface area contributed by atoms with Crippen LogP contribution in [0.5, 0.6) is 0 Å². The molecule has 0 N–H and O–H groups in total. The molecule has 0 saturated carbocycles. The molecule has 2 aliphatic heterocycles. The van der Waals surface area contributed by atoms with Gasteiger partial charge < -0.3 is 14.5 Å². The minimum absolute atomic E-state index is 0.0623. The van der Waals surface area contributed by atoms with Gasteiger partial charge in [0.1, 0.15) is 0 Å². The van der Waals surface area contributed by atoms with Crippen LogP contribution in [0.2, 0.25) is 0 Å². The summed E-state index contributed by atoms with van der Waals surface area (Å²) in [7, 11) is 0. The first kappa shape index (κ1) is 21.2. The van der Waals surface area contributed by atoms with Crippen molar-refractivity contribution in [3.63, 3.8) is 0 Å². The number of carbonyl (C=O) groups is 3. The van der Waals surface area contributed by atoms with Crippen molar-refractivity contribution in [1.29, 1.82) is 0 Å². The summed E-state index contributed by atoms with van der Waals surface area (Å²) >= 11 is 0. The number of carbonyl (C=O) groups excluding carboxylic acids is 3. The summed E-state index contributed by atoms with van der Waals surface area (Å²) in [5.74, 6) is -2.83. The van der Waals surface area contributed by atoms with E-state index in [1.807, 2.05) is 0 Å². The fourth-order valence-corrected chi connectivity index (χ4v) is 4.00. The van der Waals surface area contributed by atoms with Crippen LogP contribution in [0, 0.1) is 23.5 Å². The Hall–Kier alpha value is -2.51. The first-order valence-corrected chi connectivity index (χ1v) is 10.1. The summed E-state index contributed by atoms with van der Waals surface area (Å²) < 4.78 is 31.5. The van der Waals surface area contributed by atoms with E-state index >= 15 is 0 Å². The molecule has 0 spiro atoms. The third kappa shape index (κ3) is 4.92. The molecule has 0 aromatic heterocycles. The summed E-state index contributed by atoms with van der Waals surface area (Å²) in [6.07, 6.45) is 2.29. The van der Waals surface area contributed by atoms with E-state index in [0.29, 0.717) is 58.5 Å². The van der Waals surface area contributed by atoms with Gasteiger partial charge in [0.15, 0.2) is 11.6 Å². The molecule has 3 rings (SSSR count). The number of amides is 2. The monoisotopic (exact) mass is 408 g/mol. The van der Waals surface area contributed by atoms with Crippen molar-refractivity contribution in [3.05, 3.63) is 35.4 Å². The lowest BCUT2D eigenvalue weighted by Gasteiger charge is -2.37. The summed E-state index contributed by atoms with van der Waals surface area (Å²) in [6, 6.07) is 3.12. The molecule has 6 nitrogen and oxygen atoms in total. The van der Waals surface area contributed by atoms with Crippen LogP contribution in [0.25, 0.3) is 0 Å². The van der Waals surface area contributed by atoms with E-state index < -0.39 is 11.6 Å². The SMILES string of the molecule is CCOC(=O)C1CCN(C(=O)C2CCN(C(=O)c3ccc(F)c(F)c3)CC2)CC1. The second-order valence-corrected chi connectivity index (χ2v) is 7.55. The molecule has 8 heteroatoms. The van der Waals surface area contributed by atoms with Crippen LogP contribution in [0.15, 0.2) is 18.2 Å². The molecule has 2 saturated heterocycles. The van der Waals surface area contributed by atoms with Gasteiger partial charge in [0.25, 0.3) is 5.91 Å². The molecule has 0 radical (unpaired) electrons. The molecule has 29 heavy (non-hydrogen) atoms. The summed E-state index contributed by atoms with van der Waals surface area (Å²) in [5.41, 5.74) is 0.106. The van der Waals surface area contributed by atoms with Gasteiger partial charge in [-0.1, -0.05) is 0 Å². The van der Waals surface area contributed by atoms with Gasteiger partial charge in [-0.05, 0) is 50.8 Å². The zero-order chi connectivity index (χ0) is 21.0. The quantitative estimate of drug-likeness (QED) is 0.719. The molecule has 2 amide bonds. The van der Waals surface area contributed by atoms with E-state index in [-0.39, 0.29) is 35.2 Å². The number of hydrogen-bond acceptors (Lipinski definition) is 4. The second kappa shape index (κ2) is 9.33. The minimum Gasteiger partial charge on any atom is -0.466 e. The predicted octanol–water partition coefficient (Wildman–Crippen LogP) is 2.62. The first-order valence-electron chi connectivity index (χ1n) is 10.1. The highest BCUT2D eigenvalue weighted by Crippen LogP contribution is 2.25. The smallest absolute Gasteiger partial charge is 0.309 e. The molecule has 2 heterocycles. The Bertz CT molecular complexity index is 770. The standard InChI is InChI=1S/C21H26F2N2O4/c1-2-29-21(28)15-7-11-24(12-8-15)19(26)14-5-9-25(10-6-14)20(27)16-3-4-17(22)18(23)13-16/h3-4,13-15H,2,5-12H2,1H3. The molecule has 2 aliphatic rings. The molecule has 0 atom stereocenters. The number of ether oxygens (including phenoxy) is 1. The Kier molecular flexibility index (Phi) is 6.82. The van der Waals surface area contributed by atoms with Crippen molar-refractivity contribution in [2.24, 2.45) is 11.8 Å². The fraction of sp³-hybridized carbons (Fsp3) is 0.571. The zero-order valence-corrected chi connectivity index (χ0v) is 16.5. The van der Waals surface area contributed by atoms with Crippen LogP contribution in [0.1, 0.15) is 43.0 Å². The Morgan fingerprint density at radius 3 is 2.10 bits per heavy atom. The van der Waals surface area contributed by atoms with Crippen molar-refractivity contribution in [2.45, 2.75) is 32.6 Å². The highest BCUT2D eigenvalue weighted by atomic mass is 19.2. The zero-order valence-electron chi connectivity index (χ0n) is 16.5. The maximum atomic E-state index is 13.4. The second-order valence-electron chi connectivity index (χ2n) is 7.55. The molecular formula is C21H26F2N2O4. The number of benzene rings is 1. The van der Waals surface area contributed by atoms with Gasteiger partial charge in [-0.15, -0.1) is 0 Å². The Balaban J connectivity index is 1.49. The molecule has 2 fully saturated rings. The van der Waals surface area contributed by atoms with E-state index in [4.69, 9.17) is 4.74 Å². The largest absolute Gasteiger partial charge is 0.466 e. The number of nitrogens with zero attached hydrogens (tertiary/aromatic N) is 2. The molecule has 0 aliphatic carbocycles. The lowest BCUT2D eigenvalue weighted by molar-refractivity contribution is -0.152. The minimum atomic E-state index is -1.05. The number of likely N-dealkylation sites (tertiary alicyclic amines) is 2. The number of piperidine rings is 2. The van der Waals surface area contributed by atoms with Gasteiger partial charge in [-0.2, -0.15) is 0 Å². The average Bonchev–Trinajstić information content (AvgIpc) is 2.75. The van der Waals surface area contributed by atoms with Crippen molar-refractivity contribution >= 4 is 17.8 Å². The highest BCUT2D eigenvalue weighted by Gasteiger charge is 2.34. The lowest BCUT2D eigenvalue weighted by Crippen LogP contribution is -2.47. The fourth-order valence-electron chi connectivity index (χ4n) is 4.00. The van der Waals surface area contributed by atoms with Gasteiger partial charge in [0.05, 0.1) is 12.5 Å². The average molecular weight is 408 g/mol. The van der Waals surface area contributed by atoms with Gasteiger partial charge in [-0.3, -0.25) is 14.4 Å². The molecule has 1 aromatic rings. The Morgan fingerprint density at radius 1 is 0.931 bits per heavy atom. The third-order valence-electron chi connectivity index (χ3n) is 5.72. The topological polar surface area (TPSA) is 66.9 Å². The number of esters is 1. The van der Waals surface area contributed by atoms with E-state index in [0.717, 1.165) is 12.1 Å². The predicted molar refractivity (Wildman–Crippen MR) is 101 cm³/mol. The summed E-state index contributed by atoms with van der Waals surface area (Å²) in [5, 5.41) is 0. The highest BCUT2D eigenvalue weighted by molar-refractivity contribution is 5.94. The maximum absolute atomic E-state index is 13.4. The van der Waals surface area contributed by atoms with Gasteiger partial charge in [-0.25, -0.2) is 8.78 Å². The van der Waals surface area contributed by atoms with Crippen molar-refractivity contribution in [3.8, 4) is 0 Å². The van der Waals surface area contributed by atoms with Gasteiger partial charge >= 0.3 is 5.97 Å². The van der Waals surface area contributed by atoms with Gasteiger partial charge in [0, 0.05) is 37.7 Å². The Labute approximate surface area is 168 Å². The van der Waals surface area contributed by atoms with E-state index in [2.05, 4.69) is 0 Å². The molecule has 1 aromatic carbocycles. The van der Waals surface area contributed by atoms with Crippen LogP contribution in [0.4, 0.5) is 8.78 Å². The third-order valence-corrected chi connectivity index (χ3v) is 5.72. The van der Waals surface area contributed by atoms with Crippen LogP contribution >= 0.6 is 0 Å². The lowest BCUT2D eigenvalue weighted by atomic mass is 9.92. The van der Waals surface area contributed by atoms with E-state index in [9.17, 15) is 23.2 Å². The van der Waals surface area contributed by atoms with Crippen LogP contribution in [-0.2, 0) is 14.3 Å². The van der Waals surface area contributed by atoms with Crippen LogP contribution in [0.3, 0.4) is 0 Å². The number of rotatable bonds is 4. The van der Waals surface area contributed by atoms with Crippen molar-refractivity contribution in [1.82, 2.24) is 9.80 Å². The maximum Gasteiger partial charge on any atom is 0.309 e. The van der Waals surface area contributed by atoms with E-state index in [1.165, 1.54) is 6.07 Å². The number of hydrogen-bond donors (Lipinski definition) is 0. The molecule has 0 unspecified atom stereocenters. The van der Waals surface area contributed by atoms with Crippen LogP contribution < -0.4 is 0 Å². The van der Waals surface area contributed by atoms with Gasteiger partial charge in [0.2, 0.25) is 5.91 Å². The molecular weight excluding hydrogens is 382 g/mol. The molecule has 0 bridgehead atoms. The first-order chi connectivity index (χ1) is 13.9. The van der Waals surface area contributed by atoms with Crippen molar-refractivity contribution in [2.75, 3.05) is 32.8 Å².